The predicted octanol–water partition coefficient (Wildman–Crippen LogP) is 2.19. The van der Waals surface area contributed by atoms with Crippen LogP contribution in [-0.4, -0.2) is 23.1 Å². The zero-order valence-corrected chi connectivity index (χ0v) is 11.6. The molecule has 4 nitrogen and oxygen atoms in total. The summed E-state index contributed by atoms with van der Waals surface area (Å²) in [5.41, 5.74) is 6.30. The number of halogens is 1. The molecule has 0 aliphatic heterocycles. The Bertz CT molecular complexity index is 437. The molecule has 0 bridgehead atoms. The molecule has 1 aliphatic rings. The molecule has 1 aromatic rings. The van der Waals surface area contributed by atoms with Gasteiger partial charge in [0.1, 0.15) is 5.69 Å². The van der Waals surface area contributed by atoms with E-state index in [0.717, 1.165) is 12.8 Å². The van der Waals surface area contributed by atoms with Crippen molar-refractivity contribution in [1.29, 1.82) is 0 Å². The van der Waals surface area contributed by atoms with Gasteiger partial charge in [-0.2, -0.15) is 0 Å². The summed E-state index contributed by atoms with van der Waals surface area (Å²) in [6.45, 7) is 4.54. The van der Waals surface area contributed by atoms with Crippen molar-refractivity contribution >= 4 is 17.5 Å². The van der Waals surface area contributed by atoms with Crippen LogP contribution in [0.4, 0.5) is 0 Å². The van der Waals surface area contributed by atoms with Gasteiger partial charge in [-0.3, -0.25) is 4.79 Å². The van der Waals surface area contributed by atoms with E-state index in [0.29, 0.717) is 23.2 Å². The summed E-state index contributed by atoms with van der Waals surface area (Å²) in [4.78, 5) is 12.2. The Kier molecular flexibility index (Phi) is 3.97. The Morgan fingerprint density at radius 3 is 2.78 bits per heavy atom. The highest BCUT2D eigenvalue weighted by Crippen LogP contribution is 2.32. The van der Waals surface area contributed by atoms with Gasteiger partial charge in [-0.1, -0.05) is 11.6 Å². The maximum atomic E-state index is 12.2. The van der Waals surface area contributed by atoms with Crippen molar-refractivity contribution in [2.45, 2.75) is 38.8 Å². The van der Waals surface area contributed by atoms with Crippen LogP contribution in [0.3, 0.4) is 0 Å². The summed E-state index contributed by atoms with van der Waals surface area (Å²) in [5, 5.41) is 3.60. The largest absolute Gasteiger partial charge is 0.346 e. The third kappa shape index (κ3) is 2.87. The first-order valence-corrected chi connectivity index (χ1v) is 6.79. The Morgan fingerprint density at radius 2 is 2.28 bits per heavy atom. The van der Waals surface area contributed by atoms with Crippen molar-refractivity contribution in [3.8, 4) is 0 Å². The summed E-state index contributed by atoms with van der Waals surface area (Å²) < 4.78 is 1.89. The third-order valence-electron chi connectivity index (χ3n) is 3.37. The summed E-state index contributed by atoms with van der Waals surface area (Å²) >= 11 is 5.97. The zero-order valence-electron chi connectivity index (χ0n) is 10.8. The van der Waals surface area contributed by atoms with Gasteiger partial charge in [0.05, 0.1) is 5.02 Å². The molecule has 1 amide bonds. The lowest BCUT2D eigenvalue weighted by Crippen LogP contribution is -2.42. The minimum atomic E-state index is -0.0852. The maximum Gasteiger partial charge on any atom is 0.268 e. The zero-order chi connectivity index (χ0) is 13.3. The first-order chi connectivity index (χ1) is 8.52. The highest BCUT2D eigenvalue weighted by molar-refractivity contribution is 6.31. The van der Waals surface area contributed by atoms with Gasteiger partial charge >= 0.3 is 0 Å². The number of carbonyl (C=O) groups excluding carboxylic acids is 1. The van der Waals surface area contributed by atoms with E-state index >= 15 is 0 Å². The molecule has 1 atom stereocenters. The second-order valence-corrected chi connectivity index (χ2v) is 5.63. The van der Waals surface area contributed by atoms with Gasteiger partial charge in [-0.15, -0.1) is 0 Å². The number of nitrogens with one attached hydrogen (secondary N) is 1. The van der Waals surface area contributed by atoms with Crippen LogP contribution in [0.2, 0.25) is 5.02 Å². The molecule has 0 radical (unpaired) electrons. The van der Waals surface area contributed by atoms with Gasteiger partial charge < -0.3 is 15.6 Å². The fraction of sp³-hybridized carbons (Fsp3) is 0.615. The minimum Gasteiger partial charge on any atom is -0.346 e. The molecule has 1 aliphatic carbocycles. The Labute approximate surface area is 112 Å². The van der Waals surface area contributed by atoms with Crippen molar-refractivity contribution in [3.63, 3.8) is 0 Å². The molecule has 1 aromatic heterocycles. The van der Waals surface area contributed by atoms with Crippen molar-refractivity contribution in [1.82, 2.24) is 9.88 Å². The van der Waals surface area contributed by atoms with E-state index in [4.69, 9.17) is 17.3 Å². The molecule has 3 N–H and O–H groups in total. The van der Waals surface area contributed by atoms with Gasteiger partial charge in [0, 0.05) is 24.8 Å². The van der Waals surface area contributed by atoms with E-state index in [-0.39, 0.29) is 18.0 Å². The molecule has 0 saturated heterocycles. The Balaban J connectivity index is 2.12. The molecular weight excluding hydrogens is 250 g/mol. The monoisotopic (exact) mass is 269 g/mol. The quantitative estimate of drug-likeness (QED) is 0.861. The molecular formula is C13H20ClN3O. The predicted molar refractivity (Wildman–Crippen MR) is 72.9 cm³/mol. The van der Waals surface area contributed by atoms with Crippen LogP contribution in [0.5, 0.6) is 0 Å². The van der Waals surface area contributed by atoms with E-state index < -0.39 is 0 Å². The lowest BCUT2D eigenvalue weighted by atomic mass is 10.2. The summed E-state index contributed by atoms with van der Waals surface area (Å²) in [7, 11) is 0. The van der Waals surface area contributed by atoms with Crippen LogP contribution >= 0.6 is 11.6 Å². The average Bonchev–Trinajstić information content (AvgIpc) is 3.07. The molecule has 18 heavy (non-hydrogen) atoms. The number of carbonyl (C=O) groups is 1. The fourth-order valence-corrected chi connectivity index (χ4v) is 2.37. The van der Waals surface area contributed by atoms with Crippen LogP contribution in [0.15, 0.2) is 12.3 Å². The van der Waals surface area contributed by atoms with Crippen molar-refractivity contribution < 1.29 is 4.79 Å². The third-order valence-corrected chi connectivity index (χ3v) is 3.57. The molecule has 1 heterocycles. The molecule has 100 valence electrons. The average molecular weight is 270 g/mol. The van der Waals surface area contributed by atoms with Gasteiger partial charge in [-0.05, 0) is 38.7 Å². The molecule has 1 unspecified atom stereocenters. The lowest BCUT2D eigenvalue weighted by Gasteiger charge is -2.18. The Morgan fingerprint density at radius 1 is 1.61 bits per heavy atom. The molecule has 1 fully saturated rings. The maximum absolute atomic E-state index is 12.2. The second-order valence-electron chi connectivity index (χ2n) is 5.20. The summed E-state index contributed by atoms with van der Waals surface area (Å²) in [6, 6.07) is 2.00. The minimum absolute atomic E-state index is 0.0852. The van der Waals surface area contributed by atoms with Gasteiger partial charge in [0.2, 0.25) is 0 Å². The second kappa shape index (κ2) is 5.33. The SMILES string of the molecule is CC(C)n1cc(Cl)cc1C(=O)NC(CN)C1CC1. The van der Waals surface area contributed by atoms with Crippen LogP contribution < -0.4 is 11.1 Å². The molecule has 5 heteroatoms. The lowest BCUT2D eigenvalue weighted by molar-refractivity contribution is 0.0922. The van der Waals surface area contributed by atoms with Gasteiger partial charge in [-0.25, -0.2) is 0 Å². The molecule has 2 rings (SSSR count). The Hall–Kier alpha value is -1.00. The number of nitrogens with two attached hydrogens (primary N) is 1. The molecule has 0 spiro atoms. The van der Waals surface area contributed by atoms with E-state index in [2.05, 4.69) is 5.32 Å². The fourth-order valence-electron chi connectivity index (χ4n) is 2.17. The van der Waals surface area contributed by atoms with Crippen molar-refractivity contribution in [2.75, 3.05) is 6.54 Å². The van der Waals surface area contributed by atoms with Gasteiger partial charge in [0.15, 0.2) is 0 Å². The highest BCUT2D eigenvalue weighted by Gasteiger charge is 2.32. The number of amides is 1. The normalized spacial score (nSPS) is 16.9. The van der Waals surface area contributed by atoms with E-state index in [1.165, 1.54) is 0 Å². The topological polar surface area (TPSA) is 60.0 Å². The first-order valence-electron chi connectivity index (χ1n) is 6.41. The number of aromatic nitrogens is 1. The summed E-state index contributed by atoms with van der Waals surface area (Å²) in [5.74, 6) is 0.467. The van der Waals surface area contributed by atoms with Crippen LogP contribution in [-0.2, 0) is 0 Å². The van der Waals surface area contributed by atoms with Crippen LogP contribution in [0, 0.1) is 5.92 Å². The number of hydrogen-bond acceptors (Lipinski definition) is 2. The molecule has 0 aromatic carbocycles. The summed E-state index contributed by atoms with van der Waals surface area (Å²) in [6.07, 6.45) is 4.11. The standard InChI is InChI=1S/C13H20ClN3O/c1-8(2)17-7-10(14)5-12(17)13(18)16-11(6-15)9-3-4-9/h5,7-9,11H,3-4,6,15H2,1-2H3,(H,16,18). The first kappa shape index (κ1) is 13.4. The highest BCUT2D eigenvalue weighted by atomic mass is 35.5. The van der Waals surface area contributed by atoms with Crippen molar-refractivity contribution in [2.24, 2.45) is 11.7 Å². The molecule has 1 saturated carbocycles. The van der Waals surface area contributed by atoms with Crippen LogP contribution in [0.25, 0.3) is 0 Å². The number of rotatable bonds is 5. The van der Waals surface area contributed by atoms with Crippen LogP contribution in [0.1, 0.15) is 43.2 Å². The van der Waals surface area contributed by atoms with E-state index in [1.54, 1.807) is 12.3 Å². The van der Waals surface area contributed by atoms with E-state index in [1.807, 2.05) is 18.4 Å². The van der Waals surface area contributed by atoms with Gasteiger partial charge in [0.25, 0.3) is 5.91 Å². The van der Waals surface area contributed by atoms with E-state index in [9.17, 15) is 4.79 Å². The van der Waals surface area contributed by atoms with Crippen molar-refractivity contribution in [3.05, 3.63) is 23.0 Å². The number of nitrogens with zero attached hydrogens (tertiary/aromatic N) is 1. The number of hydrogen-bond donors (Lipinski definition) is 2. The smallest absolute Gasteiger partial charge is 0.268 e.